The number of nitrogens with one attached hydrogen (secondary N) is 1. The number of nitrogens with two attached hydrogens (primary N) is 1. The maximum atomic E-state index is 14.0. The molecule has 1 aromatic carbocycles. The molecule has 1 fully saturated rings. The minimum absolute atomic E-state index is 0.212. The van der Waals surface area contributed by atoms with Crippen LogP contribution in [0, 0.1) is 11.3 Å². The van der Waals surface area contributed by atoms with E-state index >= 15 is 0 Å². The van der Waals surface area contributed by atoms with Crippen molar-refractivity contribution >= 4 is 19.1 Å². The van der Waals surface area contributed by atoms with Gasteiger partial charge in [-0.05, 0) is 37.1 Å². The number of unbranched alkanes of at least 4 members (excludes halogenated alkanes) is 13. The predicted octanol–water partition coefficient (Wildman–Crippen LogP) is 7.05. The largest absolute Gasteiger partial charge is 0.458 e. The molecule has 5 N–H and O–H groups in total. The zero-order chi connectivity index (χ0) is 36.4. The Morgan fingerprint density at radius 1 is 0.941 bits per heavy atom. The molecule has 5 atom stereocenters. The lowest BCUT2D eigenvalue weighted by molar-refractivity contribution is -0.0705. The van der Waals surface area contributed by atoms with Crippen LogP contribution >= 0.6 is 7.75 Å². The molecule has 4 rings (SSSR count). The first kappa shape index (κ1) is 40.7. The molecule has 0 saturated carbocycles. The molecule has 0 radical (unpaired) electrons. The third kappa shape index (κ3) is 12.2. The first-order chi connectivity index (χ1) is 24.8. The Morgan fingerprint density at radius 3 is 2.22 bits per heavy atom. The van der Waals surface area contributed by atoms with Gasteiger partial charge in [0.15, 0.2) is 5.82 Å². The zero-order valence-electron chi connectivity index (χ0n) is 30.0. The molecule has 3 heterocycles. The van der Waals surface area contributed by atoms with E-state index in [4.69, 9.17) is 24.3 Å². The summed E-state index contributed by atoms with van der Waals surface area (Å²) >= 11 is 0. The van der Waals surface area contributed by atoms with E-state index in [1.807, 2.05) is 6.07 Å². The number of rotatable bonds is 26. The summed E-state index contributed by atoms with van der Waals surface area (Å²) in [5.74, 6) is 0.501. The summed E-state index contributed by atoms with van der Waals surface area (Å²) in [6.07, 6.45) is 15.7. The molecular weight excluding hydrogens is 671 g/mol. The van der Waals surface area contributed by atoms with Crippen LogP contribution in [0.2, 0.25) is 0 Å². The van der Waals surface area contributed by atoms with Crippen LogP contribution in [0.5, 0.6) is 5.75 Å². The van der Waals surface area contributed by atoms with Crippen LogP contribution in [-0.4, -0.2) is 69.0 Å². The first-order valence-corrected chi connectivity index (χ1v) is 20.2. The van der Waals surface area contributed by atoms with Crippen LogP contribution in [0.3, 0.4) is 0 Å². The second-order valence-corrected chi connectivity index (χ2v) is 15.1. The Morgan fingerprint density at radius 2 is 1.57 bits per heavy atom. The van der Waals surface area contributed by atoms with Crippen molar-refractivity contribution in [3.63, 3.8) is 0 Å². The van der Waals surface area contributed by atoms with Crippen LogP contribution in [0.15, 0.2) is 48.8 Å². The highest BCUT2D eigenvalue weighted by Crippen LogP contribution is 2.48. The minimum Gasteiger partial charge on any atom is -0.413 e. The normalized spacial score (nSPS) is 21.5. The molecule has 1 aliphatic heterocycles. The van der Waals surface area contributed by atoms with Crippen LogP contribution < -0.4 is 15.3 Å². The van der Waals surface area contributed by atoms with Crippen LogP contribution in [0.4, 0.5) is 5.82 Å². The maximum Gasteiger partial charge on any atom is 0.458 e. The molecule has 2 aromatic heterocycles. The fourth-order valence-electron chi connectivity index (χ4n) is 6.27. The summed E-state index contributed by atoms with van der Waals surface area (Å²) in [4.78, 5) is 3.95. The second-order valence-electron chi connectivity index (χ2n) is 13.3. The van der Waals surface area contributed by atoms with Crippen LogP contribution in [-0.2, 0) is 18.6 Å². The second kappa shape index (κ2) is 21.4. The predicted molar refractivity (Wildman–Crippen MR) is 196 cm³/mol. The Bertz CT molecular complexity index is 1520. The van der Waals surface area contributed by atoms with E-state index in [1.165, 1.54) is 87.9 Å². The molecule has 1 saturated heterocycles. The van der Waals surface area contributed by atoms with Crippen molar-refractivity contribution < 1.29 is 33.3 Å². The van der Waals surface area contributed by atoms with Crippen LogP contribution in [0.1, 0.15) is 115 Å². The lowest BCUT2D eigenvalue weighted by Gasteiger charge is -2.27. The quantitative estimate of drug-likeness (QED) is 0.0488. The van der Waals surface area contributed by atoms with Crippen molar-refractivity contribution in [2.24, 2.45) is 0 Å². The van der Waals surface area contributed by atoms with Gasteiger partial charge in [0.05, 0.1) is 5.69 Å². The lowest BCUT2D eigenvalue weighted by atomic mass is 9.96. The van der Waals surface area contributed by atoms with Gasteiger partial charge in [-0.15, -0.1) is 0 Å². The molecule has 0 bridgehead atoms. The van der Waals surface area contributed by atoms with Crippen molar-refractivity contribution in [1.82, 2.24) is 19.7 Å². The van der Waals surface area contributed by atoms with E-state index in [0.29, 0.717) is 30.8 Å². The number of para-hydroxylation sites is 1. The van der Waals surface area contributed by atoms with Gasteiger partial charge >= 0.3 is 7.75 Å². The summed E-state index contributed by atoms with van der Waals surface area (Å²) in [6.45, 7) is 2.98. The van der Waals surface area contributed by atoms with Crippen molar-refractivity contribution in [2.45, 2.75) is 127 Å². The standard InChI is InChI=1S/C37H57N6O7P/c1-2-3-4-5-6-7-8-9-10-11-12-13-14-18-25-47-26-19-24-42-51(46,50-30-20-16-15-17-21-30)48-28-37(27-38)35(45)33(44)34(49-37)31-22-23-32-36(39)40-29-41-43(31)32/h15-17,20-23,29,33-35,44-45H,2-14,18-19,24-26,28H2,1H3,(H,42,46)(H2,39,40,41)/t33-,34-,35-,37+,51?/m0/s1. The van der Waals surface area contributed by atoms with Gasteiger partial charge < -0.3 is 29.9 Å². The zero-order valence-corrected chi connectivity index (χ0v) is 30.9. The molecule has 0 amide bonds. The van der Waals surface area contributed by atoms with Gasteiger partial charge in [-0.3, -0.25) is 4.52 Å². The highest BCUT2D eigenvalue weighted by molar-refractivity contribution is 7.52. The SMILES string of the molecule is CCCCCCCCCCCCCCCCOCCCNP(=O)(OC[C@@]1(C#N)O[C@@H](c2ccc3c(N)ncnn23)[C@H](O)[C@@H]1O)Oc1ccccc1. The van der Waals surface area contributed by atoms with Crippen molar-refractivity contribution in [1.29, 1.82) is 5.26 Å². The van der Waals surface area contributed by atoms with Crippen molar-refractivity contribution in [3.05, 3.63) is 54.5 Å². The highest BCUT2D eigenvalue weighted by Gasteiger charge is 2.57. The van der Waals surface area contributed by atoms with E-state index < -0.39 is 38.3 Å². The smallest absolute Gasteiger partial charge is 0.413 e. The maximum absolute atomic E-state index is 14.0. The number of anilines is 1. The molecule has 51 heavy (non-hydrogen) atoms. The first-order valence-electron chi connectivity index (χ1n) is 18.7. The third-order valence-electron chi connectivity index (χ3n) is 9.27. The van der Waals surface area contributed by atoms with E-state index in [0.717, 1.165) is 12.8 Å². The molecule has 13 nitrogen and oxygen atoms in total. The molecule has 0 spiro atoms. The molecule has 282 valence electrons. The monoisotopic (exact) mass is 728 g/mol. The number of nitrogen functional groups attached to an aromatic ring is 1. The van der Waals surface area contributed by atoms with Gasteiger partial charge in [-0.25, -0.2) is 19.2 Å². The van der Waals surface area contributed by atoms with Gasteiger partial charge in [0, 0.05) is 19.8 Å². The highest BCUT2D eigenvalue weighted by atomic mass is 31.2. The number of hydrogen-bond donors (Lipinski definition) is 4. The Labute approximate surface area is 302 Å². The molecule has 14 heteroatoms. The number of hydrogen-bond acceptors (Lipinski definition) is 11. The van der Waals surface area contributed by atoms with E-state index in [1.54, 1.807) is 42.5 Å². The van der Waals surface area contributed by atoms with Crippen LogP contribution in [0.25, 0.3) is 5.52 Å². The summed E-state index contributed by atoms with van der Waals surface area (Å²) in [6, 6.07) is 13.7. The van der Waals surface area contributed by atoms with Gasteiger partial charge in [-0.2, -0.15) is 10.4 Å². The number of aliphatic hydroxyl groups is 2. The average Bonchev–Trinajstić information content (AvgIpc) is 3.68. The fourth-order valence-corrected chi connectivity index (χ4v) is 7.67. The van der Waals surface area contributed by atoms with Gasteiger partial charge in [-0.1, -0.05) is 109 Å². The fraction of sp³-hybridized carbons (Fsp3) is 0.649. The van der Waals surface area contributed by atoms with E-state index in [9.17, 15) is 20.0 Å². The molecular formula is C37H57N6O7P. The third-order valence-corrected chi connectivity index (χ3v) is 10.8. The number of ether oxygens (including phenoxy) is 2. The number of nitrogens with zero attached hydrogens (tertiary/aromatic N) is 4. The summed E-state index contributed by atoms with van der Waals surface area (Å²) in [5.41, 5.74) is 4.68. The topological polar surface area (TPSA) is 186 Å². The Kier molecular flexibility index (Phi) is 17.1. The number of aliphatic hydroxyl groups excluding tert-OH is 2. The molecule has 0 aliphatic carbocycles. The minimum atomic E-state index is -4.09. The molecule has 1 aliphatic rings. The van der Waals surface area contributed by atoms with E-state index in [2.05, 4.69) is 22.1 Å². The Balaban J connectivity index is 1.18. The molecule has 3 aromatic rings. The van der Waals surface area contributed by atoms with Crippen molar-refractivity contribution in [2.75, 3.05) is 32.1 Å². The number of benzene rings is 1. The average molecular weight is 729 g/mol. The molecule has 1 unspecified atom stereocenters. The van der Waals surface area contributed by atoms with Crippen molar-refractivity contribution in [3.8, 4) is 11.8 Å². The summed E-state index contributed by atoms with van der Waals surface area (Å²) in [5, 5.41) is 39.2. The van der Waals surface area contributed by atoms with E-state index in [-0.39, 0.29) is 18.1 Å². The number of fused-ring (bicyclic) bond motifs is 1. The lowest BCUT2D eigenvalue weighted by Crippen LogP contribution is -2.46. The summed E-state index contributed by atoms with van der Waals surface area (Å²) in [7, 11) is -4.09. The van der Waals surface area contributed by atoms with Gasteiger partial charge in [0.1, 0.15) is 48.6 Å². The summed E-state index contributed by atoms with van der Waals surface area (Å²) < 4.78 is 38.7. The number of aromatic nitrogens is 3. The van der Waals surface area contributed by atoms with Gasteiger partial charge in [0.2, 0.25) is 5.60 Å². The number of nitriles is 1. The Hall–Kier alpha value is -3.08. The van der Waals surface area contributed by atoms with Gasteiger partial charge in [0.25, 0.3) is 0 Å².